The molecule has 1 rings (SSSR count). The normalized spacial score (nSPS) is 21.8. The fourth-order valence-electron chi connectivity index (χ4n) is 1.68. The first-order valence-corrected chi connectivity index (χ1v) is 4.98. The maximum Gasteiger partial charge on any atom is 0.309 e. The standard InChI is InChI=1S/C10H19NO2/c1-7(10(12)13-2)9(11)6-8-4-3-5-8/h7-9H,3-6,11H2,1-2H3. The number of carbonyl (C=O) groups is 1. The molecule has 2 N–H and O–H groups in total. The molecule has 0 aromatic heterocycles. The predicted molar refractivity (Wildman–Crippen MR) is 51.1 cm³/mol. The van der Waals surface area contributed by atoms with Gasteiger partial charge in [-0.05, 0) is 12.3 Å². The third-order valence-electron chi connectivity index (χ3n) is 3.05. The van der Waals surface area contributed by atoms with Crippen LogP contribution < -0.4 is 5.73 Å². The highest BCUT2D eigenvalue weighted by atomic mass is 16.5. The van der Waals surface area contributed by atoms with Crippen molar-refractivity contribution >= 4 is 5.97 Å². The maximum absolute atomic E-state index is 11.1. The van der Waals surface area contributed by atoms with Gasteiger partial charge in [0.25, 0.3) is 0 Å². The number of methoxy groups -OCH3 is 1. The van der Waals surface area contributed by atoms with E-state index in [1.165, 1.54) is 26.4 Å². The first-order chi connectivity index (χ1) is 6.15. The Bertz CT molecular complexity index is 178. The monoisotopic (exact) mass is 185 g/mol. The maximum atomic E-state index is 11.1. The Balaban J connectivity index is 2.27. The van der Waals surface area contributed by atoms with Crippen LogP contribution in [0.3, 0.4) is 0 Å². The first-order valence-electron chi connectivity index (χ1n) is 4.98. The molecule has 2 atom stereocenters. The Kier molecular flexibility index (Phi) is 3.72. The molecule has 0 aromatic rings. The number of hydrogen-bond acceptors (Lipinski definition) is 3. The average Bonchev–Trinajstić information content (AvgIpc) is 2.08. The molecule has 2 unspecified atom stereocenters. The Labute approximate surface area is 79.6 Å². The quantitative estimate of drug-likeness (QED) is 0.672. The van der Waals surface area contributed by atoms with E-state index in [2.05, 4.69) is 4.74 Å². The van der Waals surface area contributed by atoms with Crippen LogP contribution >= 0.6 is 0 Å². The van der Waals surface area contributed by atoms with Crippen LogP contribution in [0.25, 0.3) is 0 Å². The molecule has 0 aliphatic heterocycles. The Morgan fingerprint density at radius 1 is 1.62 bits per heavy atom. The van der Waals surface area contributed by atoms with Gasteiger partial charge in [0.05, 0.1) is 13.0 Å². The number of nitrogens with two attached hydrogens (primary N) is 1. The number of rotatable bonds is 4. The van der Waals surface area contributed by atoms with Gasteiger partial charge in [-0.15, -0.1) is 0 Å². The highest BCUT2D eigenvalue weighted by Gasteiger charge is 2.26. The molecule has 0 saturated heterocycles. The molecule has 0 spiro atoms. The summed E-state index contributed by atoms with van der Waals surface area (Å²) in [7, 11) is 1.41. The summed E-state index contributed by atoms with van der Waals surface area (Å²) in [4.78, 5) is 11.1. The Morgan fingerprint density at radius 2 is 2.23 bits per heavy atom. The summed E-state index contributed by atoms with van der Waals surface area (Å²) >= 11 is 0. The highest BCUT2D eigenvalue weighted by molar-refractivity contribution is 5.72. The van der Waals surface area contributed by atoms with Crippen molar-refractivity contribution in [3.8, 4) is 0 Å². The largest absolute Gasteiger partial charge is 0.469 e. The second-order valence-electron chi connectivity index (χ2n) is 4.01. The summed E-state index contributed by atoms with van der Waals surface area (Å²) in [6.45, 7) is 1.84. The number of ether oxygens (including phenoxy) is 1. The molecule has 0 bridgehead atoms. The lowest BCUT2D eigenvalue weighted by Crippen LogP contribution is -2.37. The molecule has 1 fully saturated rings. The lowest BCUT2D eigenvalue weighted by atomic mass is 9.79. The summed E-state index contributed by atoms with van der Waals surface area (Å²) in [6, 6.07) is -0.0299. The summed E-state index contributed by atoms with van der Waals surface area (Å²) in [5, 5.41) is 0. The van der Waals surface area contributed by atoms with Gasteiger partial charge < -0.3 is 10.5 Å². The van der Waals surface area contributed by atoms with Gasteiger partial charge in [-0.1, -0.05) is 26.2 Å². The third kappa shape index (κ3) is 2.69. The van der Waals surface area contributed by atoms with E-state index < -0.39 is 0 Å². The SMILES string of the molecule is COC(=O)C(C)C(N)CC1CCC1. The van der Waals surface area contributed by atoms with Crippen molar-refractivity contribution in [2.24, 2.45) is 17.6 Å². The second-order valence-corrected chi connectivity index (χ2v) is 4.01. The predicted octanol–water partition coefficient (Wildman–Crippen LogP) is 1.31. The molecular weight excluding hydrogens is 166 g/mol. The van der Waals surface area contributed by atoms with Gasteiger partial charge in [0, 0.05) is 6.04 Å². The molecule has 0 heterocycles. The highest BCUT2D eigenvalue weighted by Crippen LogP contribution is 2.31. The van der Waals surface area contributed by atoms with Gasteiger partial charge in [-0.25, -0.2) is 0 Å². The zero-order valence-corrected chi connectivity index (χ0v) is 8.45. The molecule has 1 aliphatic rings. The van der Waals surface area contributed by atoms with Gasteiger partial charge in [0.15, 0.2) is 0 Å². The molecule has 1 saturated carbocycles. The van der Waals surface area contributed by atoms with E-state index in [0.29, 0.717) is 0 Å². The van der Waals surface area contributed by atoms with Crippen molar-refractivity contribution in [2.75, 3.05) is 7.11 Å². The van der Waals surface area contributed by atoms with Crippen LogP contribution in [-0.2, 0) is 9.53 Å². The van der Waals surface area contributed by atoms with Crippen LogP contribution in [0.5, 0.6) is 0 Å². The molecule has 76 valence electrons. The van der Waals surface area contributed by atoms with Crippen LogP contribution in [-0.4, -0.2) is 19.1 Å². The Hall–Kier alpha value is -0.570. The van der Waals surface area contributed by atoms with Gasteiger partial charge in [-0.2, -0.15) is 0 Å². The minimum absolute atomic E-state index is 0.0299. The summed E-state index contributed by atoms with van der Waals surface area (Å²) < 4.78 is 4.65. The molecule has 0 aromatic carbocycles. The van der Waals surface area contributed by atoms with E-state index in [0.717, 1.165) is 12.3 Å². The minimum Gasteiger partial charge on any atom is -0.469 e. The lowest BCUT2D eigenvalue weighted by Gasteiger charge is -2.29. The summed E-state index contributed by atoms with van der Waals surface area (Å²) in [5.74, 6) is 0.402. The molecule has 0 radical (unpaired) electrons. The van der Waals surface area contributed by atoms with Crippen molar-refractivity contribution in [3.63, 3.8) is 0 Å². The molecular formula is C10H19NO2. The summed E-state index contributed by atoms with van der Waals surface area (Å²) in [5.41, 5.74) is 5.90. The molecule has 3 nitrogen and oxygen atoms in total. The van der Waals surface area contributed by atoms with Crippen LogP contribution in [0, 0.1) is 11.8 Å². The lowest BCUT2D eigenvalue weighted by molar-refractivity contribution is -0.145. The van der Waals surface area contributed by atoms with Crippen molar-refractivity contribution in [3.05, 3.63) is 0 Å². The van der Waals surface area contributed by atoms with E-state index in [-0.39, 0.29) is 17.9 Å². The molecule has 1 aliphatic carbocycles. The van der Waals surface area contributed by atoms with Crippen LogP contribution in [0.4, 0.5) is 0 Å². The van der Waals surface area contributed by atoms with E-state index in [4.69, 9.17) is 5.73 Å². The van der Waals surface area contributed by atoms with E-state index in [1.807, 2.05) is 6.92 Å². The van der Waals surface area contributed by atoms with Gasteiger partial charge >= 0.3 is 5.97 Å². The second kappa shape index (κ2) is 4.61. The number of esters is 1. The fraction of sp³-hybridized carbons (Fsp3) is 0.900. The summed E-state index contributed by atoms with van der Waals surface area (Å²) in [6.07, 6.45) is 4.85. The number of carbonyl (C=O) groups excluding carboxylic acids is 1. The molecule has 0 amide bonds. The minimum atomic E-state index is -0.188. The van der Waals surface area contributed by atoms with Crippen molar-refractivity contribution in [1.82, 2.24) is 0 Å². The first kappa shape index (κ1) is 10.5. The van der Waals surface area contributed by atoms with Gasteiger partial charge in [0.2, 0.25) is 0 Å². The van der Waals surface area contributed by atoms with Crippen molar-refractivity contribution in [1.29, 1.82) is 0 Å². The van der Waals surface area contributed by atoms with Crippen molar-refractivity contribution in [2.45, 2.75) is 38.6 Å². The zero-order chi connectivity index (χ0) is 9.84. The Morgan fingerprint density at radius 3 is 2.62 bits per heavy atom. The van der Waals surface area contributed by atoms with Crippen LogP contribution in [0.2, 0.25) is 0 Å². The van der Waals surface area contributed by atoms with Gasteiger partial charge in [0.1, 0.15) is 0 Å². The van der Waals surface area contributed by atoms with E-state index >= 15 is 0 Å². The smallest absolute Gasteiger partial charge is 0.309 e. The molecule has 13 heavy (non-hydrogen) atoms. The van der Waals surface area contributed by atoms with Crippen LogP contribution in [0.1, 0.15) is 32.6 Å². The van der Waals surface area contributed by atoms with E-state index in [1.54, 1.807) is 0 Å². The zero-order valence-electron chi connectivity index (χ0n) is 8.45. The van der Waals surface area contributed by atoms with E-state index in [9.17, 15) is 4.79 Å². The van der Waals surface area contributed by atoms with Crippen molar-refractivity contribution < 1.29 is 9.53 Å². The van der Waals surface area contributed by atoms with Gasteiger partial charge in [-0.3, -0.25) is 4.79 Å². The number of hydrogen-bond donors (Lipinski definition) is 1. The topological polar surface area (TPSA) is 52.3 Å². The fourth-order valence-corrected chi connectivity index (χ4v) is 1.68. The average molecular weight is 185 g/mol. The third-order valence-corrected chi connectivity index (χ3v) is 3.05. The van der Waals surface area contributed by atoms with Crippen LogP contribution in [0.15, 0.2) is 0 Å². The molecule has 3 heteroatoms.